The minimum atomic E-state index is -1.05. The van der Waals surface area contributed by atoms with E-state index < -0.39 is 16.9 Å². The van der Waals surface area contributed by atoms with Gasteiger partial charge in [-0.2, -0.15) is 0 Å². The molecule has 0 aromatic rings. The number of carboxylic acid groups (broad SMARTS) is 1. The minimum Gasteiger partial charge on any atom is -0.480 e. The number of hydrogen-bond acceptors (Lipinski definition) is 3. The molecule has 1 amide bonds. The van der Waals surface area contributed by atoms with E-state index in [1.54, 1.807) is 0 Å². The Morgan fingerprint density at radius 2 is 1.95 bits per heavy atom. The van der Waals surface area contributed by atoms with Crippen molar-refractivity contribution >= 4 is 11.9 Å². The Balaban J connectivity index is 2.06. The van der Waals surface area contributed by atoms with Gasteiger partial charge in [0.05, 0.1) is 5.41 Å². The molecule has 2 aliphatic rings. The lowest BCUT2D eigenvalue weighted by Crippen LogP contribution is -2.59. The van der Waals surface area contributed by atoms with Crippen molar-refractivity contribution in [2.45, 2.75) is 57.9 Å². The summed E-state index contributed by atoms with van der Waals surface area (Å²) in [7, 11) is 0. The summed E-state index contributed by atoms with van der Waals surface area (Å²) < 4.78 is 0. The van der Waals surface area contributed by atoms with Crippen LogP contribution < -0.4 is 10.6 Å². The van der Waals surface area contributed by atoms with E-state index in [0.717, 1.165) is 32.2 Å². The summed E-state index contributed by atoms with van der Waals surface area (Å²) in [4.78, 5) is 24.2. The van der Waals surface area contributed by atoms with Crippen LogP contribution >= 0.6 is 0 Å². The highest BCUT2D eigenvalue weighted by Gasteiger charge is 2.46. The molecule has 1 unspecified atom stereocenters. The van der Waals surface area contributed by atoms with Gasteiger partial charge in [0.1, 0.15) is 5.54 Å². The van der Waals surface area contributed by atoms with Crippen LogP contribution in [0.25, 0.3) is 0 Å². The van der Waals surface area contributed by atoms with Gasteiger partial charge in [0.2, 0.25) is 5.91 Å². The molecule has 1 saturated carbocycles. The molecule has 0 spiro atoms. The van der Waals surface area contributed by atoms with E-state index in [1.165, 1.54) is 0 Å². The lowest BCUT2D eigenvalue weighted by Gasteiger charge is -2.39. The van der Waals surface area contributed by atoms with Crippen LogP contribution in [0.4, 0.5) is 0 Å². The number of aliphatic carboxylic acids is 1. The van der Waals surface area contributed by atoms with Crippen LogP contribution in [0.3, 0.4) is 0 Å². The average Bonchev–Trinajstić information content (AvgIpc) is 2.87. The van der Waals surface area contributed by atoms with Gasteiger partial charge in [0.25, 0.3) is 0 Å². The third-order valence-electron chi connectivity index (χ3n) is 5.22. The molecule has 20 heavy (non-hydrogen) atoms. The summed E-state index contributed by atoms with van der Waals surface area (Å²) in [6.07, 6.45) is 4.74. The van der Waals surface area contributed by atoms with E-state index in [1.807, 2.05) is 6.92 Å². The minimum absolute atomic E-state index is 0.111. The summed E-state index contributed by atoms with van der Waals surface area (Å²) in [6, 6.07) is 0. The first-order chi connectivity index (χ1) is 9.42. The van der Waals surface area contributed by atoms with Crippen molar-refractivity contribution in [1.29, 1.82) is 0 Å². The van der Waals surface area contributed by atoms with Crippen LogP contribution in [0, 0.1) is 11.3 Å². The molecule has 1 atom stereocenters. The summed E-state index contributed by atoms with van der Waals surface area (Å²) in [5.74, 6) is -0.391. The van der Waals surface area contributed by atoms with Gasteiger partial charge in [-0.1, -0.05) is 13.3 Å². The zero-order chi connectivity index (χ0) is 14.8. The quantitative estimate of drug-likeness (QED) is 0.730. The van der Waals surface area contributed by atoms with Crippen LogP contribution in [-0.4, -0.2) is 35.6 Å². The summed E-state index contributed by atoms with van der Waals surface area (Å²) >= 11 is 0. The second-order valence-corrected chi connectivity index (χ2v) is 6.68. The molecule has 1 aliphatic heterocycles. The number of carbonyl (C=O) groups is 2. The fourth-order valence-electron chi connectivity index (χ4n) is 3.35. The van der Waals surface area contributed by atoms with Crippen molar-refractivity contribution in [2.75, 3.05) is 13.1 Å². The molecule has 0 aromatic carbocycles. The maximum Gasteiger partial charge on any atom is 0.329 e. The summed E-state index contributed by atoms with van der Waals surface area (Å²) in [6.45, 7) is 5.51. The topological polar surface area (TPSA) is 78.4 Å². The van der Waals surface area contributed by atoms with E-state index >= 15 is 0 Å². The van der Waals surface area contributed by atoms with Crippen molar-refractivity contribution in [3.8, 4) is 0 Å². The van der Waals surface area contributed by atoms with E-state index in [-0.39, 0.29) is 5.91 Å². The van der Waals surface area contributed by atoms with Crippen molar-refractivity contribution in [1.82, 2.24) is 10.6 Å². The molecular formula is C15H26N2O3. The molecule has 0 bridgehead atoms. The number of nitrogens with one attached hydrogen (secondary N) is 2. The molecule has 1 saturated heterocycles. The number of carbonyl (C=O) groups excluding carboxylic acids is 1. The molecule has 114 valence electrons. The van der Waals surface area contributed by atoms with Gasteiger partial charge in [-0.15, -0.1) is 0 Å². The largest absolute Gasteiger partial charge is 0.480 e. The smallest absolute Gasteiger partial charge is 0.329 e. The fourth-order valence-corrected chi connectivity index (χ4v) is 3.35. The fraction of sp³-hybridized carbons (Fsp3) is 0.867. The highest BCUT2D eigenvalue weighted by molar-refractivity contribution is 5.90. The third-order valence-corrected chi connectivity index (χ3v) is 5.22. The molecule has 5 nitrogen and oxygen atoms in total. The predicted molar refractivity (Wildman–Crippen MR) is 76.4 cm³/mol. The number of hydrogen-bond donors (Lipinski definition) is 3. The van der Waals surface area contributed by atoms with Crippen LogP contribution in [0.5, 0.6) is 0 Å². The van der Waals surface area contributed by atoms with Gasteiger partial charge in [0.15, 0.2) is 0 Å². The Kier molecular flexibility index (Phi) is 4.37. The summed E-state index contributed by atoms with van der Waals surface area (Å²) in [5.41, 5.74) is -1.52. The van der Waals surface area contributed by atoms with Crippen molar-refractivity contribution in [2.24, 2.45) is 11.3 Å². The number of amides is 1. The van der Waals surface area contributed by atoms with Gasteiger partial charge < -0.3 is 15.7 Å². The van der Waals surface area contributed by atoms with Crippen molar-refractivity contribution in [3.05, 3.63) is 0 Å². The molecule has 0 radical (unpaired) electrons. The number of carboxylic acids is 1. The Morgan fingerprint density at radius 1 is 1.30 bits per heavy atom. The van der Waals surface area contributed by atoms with Crippen molar-refractivity contribution in [3.63, 3.8) is 0 Å². The zero-order valence-electron chi connectivity index (χ0n) is 12.5. The lowest BCUT2D eigenvalue weighted by molar-refractivity contribution is -0.151. The van der Waals surface area contributed by atoms with E-state index in [0.29, 0.717) is 25.3 Å². The lowest BCUT2D eigenvalue weighted by atomic mass is 9.74. The van der Waals surface area contributed by atoms with Crippen LogP contribution in [0.1, 0.15) is 52.4 Å². The molecule has 1 aliphatic carbocycles. The second kappa shape index (κ2) is 5.72. The Labute approximate surface area is 120 Å². The maximum atomic E-state index is 12.5. The van der Waals surface area contributed by atoms with Gasteiger partial charge in [-0.3, -0.25) is 4.79 Å². The first-order valence-corrected chi connectivity index (χ1v) is 7.69. The molecule has 1 heterocycles. The van der Waals surface area contributed by atoms with Crippen LogP contribution in [0.2, 0.25) is 0 Å². The van der Waals surface area contributed by atoms with E-state index in [9.17, 15) is 14.7 Å². The maximum absolute atomic E-state index is 12.5. The van der Waals surface area contributed by atoms with Crippen LogP contribution in [-0.2, 0) is 9.59 Å². The first-order valence-electron chi connectivity index (χ1n) is 7.69. The van der Waals surface area contributed by atoms with Gasteiger partial charge >= 0.3 is 5.97 Å². The average molecular weight is 282 g/mol. The van der Waals surface area contributed by atoms with E-state index in [4.69, 9.17) is 0 Å². The zero-order valence-corrected chi connectivity index (χ0v) is 12.5. The predicted octanol–water partition coefficient (Wildman–Crippen LogP) is 1.53. The summed E-state index contributed by atoms with van der Waals surface area (Å²) in [5, 5.41) is 15.7. The molecule has 0 aromatic heterocycles. The Bertz CT molecular complexity index is 381. The van der Waals surface area contributed by atoms with Gasteiger partial charge in [-0.25, -0.2) is 4.79 Å². The Hall–Kier alpha value is -1.10. The van der Waals surface area contributed by atoms with Crippen molar-refractivity contribution < 1.29 is 14.7 Å². The molecule has 2 fully saturated rings. The molecule has 3 N–H and O–H groups in total. The Morgan fingerprint density at radius 3 is 2.40 bits per heavy atom. The monoisotopic (exact) mass is 282 g/mol. The molecule has 5 heteroatoms. The molecule has 2 rings (SSSR count). The van der Waals surface area contributed by atoms with Gasteiger partial charge in [-0.05, 0) is 51.5 Å². The molecular weight excluding hydrogens is 256 g/mol. The van der Waals surface area contributed by atoms with Crippen LogP contribution in [0.15, 0.2) is 0 Å². The third kappa shape index (κ3) is 2.82. The highest BCUT2D eigenvalue weighted by atomic mass is 16.4. The van der Waals surface area contributed by atoms with E-state index in [2.05, 4.69) is 17.6 Å². The number of rotatable bonds is 4. The van der Waals surface area contributed by atoms with Gasteiger partial charge in [0, 0.05) is 6.54 Å². The first kappa shape index (κ1) is 15.3. The standard InChI is InChI=1S/C15H26N2O3/c1-3-11-4-6-15(7-5-11,13(19)20)17-12(18)14(2)8-9-16-10-14/h11,16H,3-10H2,1-2H3,(H,17,18)(H,19,20). The normalized spacial score (nSPS) is 37.6. The second-order valence-electron chi connectivity index (χ2n) is 6.68. The SMILES string of the molecule is CCC1CCC(NC(=O)C2(C)CCNC2)(C(=O)O)CC1. The highest BCUT2D eigenvalue weighted by Crippen LogP contribution is 2.35.